The molecule has 2 fully saturated rings. The van der Waals surface area contributed by atoms with Gasteiger partial charge in [-0.25, -0.2) is 4.98 Å². The normalized spacial score (nSPS) is 23.1. The van der Waals surface area contributed by atoms with Crippen LogP contribution in [-0.4, -0.2) is 45.7 Å². The largest absolute Gasteiger partial charge is 0.334 e. The van der Waals surface area contributed by atoms with Crippen molar-refractivity contribution < 1.29 is 9.59 Å². The van der Waals surface area contributed by atoms with Crippen molar-refractivity contribution in [1.82, 2.24) is 14.8 Å². The number of hydrogen-bond acceptors (Lipinski definition) is 4. The predicted molar refractivity (Wildman–Crippen MR) is 76.3 cm³/mol. The minimum atomic E-state index is -0.226. The molecule has 0 aliphatic carbocycles. The number of rotatable bonds is 3. The number of aromatic nitrogens is 1. The summed E-state index contributed by atoms with van der Waals surface area (Å²) < 4.78 is 0. The minimum absolute atomic E-state index is 0.0987. The molecule has 3 heterocycles. The first kappa shape index (κ1) is 13.5. The van der Waals surface area contributed by atoms with Crippen LogP contribution in [0.2, 0.25) is 0 Å². The van der Waals surface area contributed by atoms with E-state index < -0.39 is 0 Å². The Bertz CT molecular complexity index is 528. The second-order valence-electron chi connectivity index (χ2n) is 5.33. The van der Waals surface area contributed by atoms with Crippen LogP contribution in [0, 0.1) is 0 Å². The van der Waals surface area contributed by atoms with Gasteiger partial charge in [0.2, 0.25) is 11.8 Å². The lowest BCUT2D eigenvalue weighted by Gasteiger charge is -2.24. The molecule has 2 aliphatic rings. The molecule has 1 unspecified atom stereocenters. The SMILES string of the molecule is CCc1cnc(CN2CCC(=O)N3CCCC3C2=O)s1. The summed E-state index contributed by atoms with van der Waals surface area (Å²) in [5.41, 5.74) is 0. The molecular weight excluding hydrogens is 274 g/mol. The summed E-state index contributed by atoms with van der Waals surface area (Å²) in [6, 6.07) is -0.226. The van der Waals surface area contributed by atoms with Gasteiger partial charge in [-0.1, -0.05) is 6.92 Å². The molecule has 6 heteroatoms. The summed E-state index contributed by atoms with van der Waals surface area (Å²) in [7, 11) is 0. The molecule has 0 N–H and O–H groups in total. The Hall–Kier alpha value is -1.43. The van der Waals surface area contributed by atoms with E-state index in [1.165, 1.54) is 4.88 Å². The lowest BCUT2D eigenvalue weighted by atomic mass is 10.2. The highest BCUT2D eigenvalue weighted by Crippen LogP contribution is 2.25. The van der Waals surface area contributed by atoms with Crippen molar-refractivity contribution >= 4 is 23.2 Å². The molecule has 0 aromatic carbocycles. The number of amides is 2. The number of thiazole rings is 1. The van der Waals surface area contributed by atoms with Crippen LogP contribution in [0.4, 0.5) is 0 Å². The van der Waals surface area contributed by atoms with E-state index >= 15 is 0 Å². The third-order valence-corrected chi connectivity index (χ3v) is 5.17. The van der Waals surface area contributed by atoms with Crippen LogP contribution >= 0.6 is 11.3 Å². The van der Waals surface area contributed by atoms with Crippen molar-refractivity contribution in [1.29, 1.82) is 0 Å². The van der Waals surface area contributed by atoms with Crippen molar-refractivity contribution in [3.05, 3.63) is 16.1 Å². The standard InChI is InChI=1S/C14H19N3O2S/c1-2-10-8-15-12(20-10)9-16-7-5-13(18)17-6-3-4-11(17)14(16)19/h8,11H,2-7,9H2,1H3. The molecule has 0 saturated carbocycles. The fourth-order valence-electron chi connectivity index (χ4n) is 2.92. The molecule has 2 amide bonds. The monoisotopic (exact) mass is 293 g/mol. The first-order valence-electron chi connectivity index (χ1n) is 7.21. The molecule has 108 valence electrons. The summed E-state index contributed by atoms with van der Waals surface area (Å²) in [6.07, 6.45) is 5.04. The Morgan fingerprint density at radius 1 is 1.40 bits per heavy atom. The molecule has 1 aromatic heterocycles. The van der Waals surface area contributed by atoms with Gasteiger partial charge in [0, 0.05) is 30.6 Å². The van der Waals surface area contributed by atoms with Crippen molar-refractivity contribution in [3.63, 3.8) is 0 Å². The third-order valence-electron chi connectivity index (χ3n) is 4.04. The number of carbonyl (C=O) groups excluding carboxylic acids is 2. The van der Waals surface area contributed by atoms with Gasteiger partial charge in [-0.2, -0.15) is 0 Å². The van der Waals surface area contributed by atoms with E-state index in [1.807, 2.05) is 11.1 Å². The van der Waals surface area contributed by atoms with Gasteiger partial charge >= 0.3 is 0 Å². The summed E-state index contributed by atoms with van der Waals surface area (Å²) >= 11 is 1.66. The Morgan fingerprint density at radius 2 is 2.25 bits per heavy atom. The molecular formula is C14H19N3O2S. The van der Waals surface area contributed by atoms with Gasteiger partial charge in [-0.15, -0.1) is 11.3 Å². The summed E-state index contributed by atoms with van der Waals surface area (Å²) in [6.45, 7) is 3.90. The molecule has 1 atom stereocenters. The number of fused-ring (bicyclic) bond motifs is 1. The minimum Gasteiger partial charge on any atom is -0.334 e. The van der Waals surface area contributed by atoms with E-state index in [1.54, 1.807) is 16.2 Å². The molecule has 20 heavy (non-hydrogen) atoms. The second kappa shape index (κ2) is 5.52. The highest BCUT2D eigenvalue weighted by molar-refractivity contribution is 7.11. The van der Waals surface area contributed by atoms with Gasteiger partial charge in [0.15, 0.2) is 0 Å². The van der Waals surface area contributed by atoms with Crippen LogP contribution in [0.3, 0.4) is 0 Å². The van der Waals surface area contributed by atoms with Crippen LogP contribution in [0.5, 0.6) is 0 Å². The lowest BCUT2D eigenvalue weighted by molar-refractivity contribution is -0.139. The second-order valence-corrected chi connectivity index (χ2v) is 6.53. The highest BCUT2D eigenvalue weighted by Gasteiger charge is 2.39. The zero-order chi connectivity index (χ0) is 14.1. The van der Waals surface area contributed by atoms with Crippen LogP contribution in [0.25, 0.3) is 0 Å². The Labute approximate surface area is 122 Å². The molecule has 5 nitrogen and oxygen atoms in total. The number of hydrogen-bond donors (Lipinski definition) is 0. The maximum absolute atomic E-state index is 12.6. The average Bonchev–Trinajstić information content (AvgIpc) is 3.08. The average molecular weight is 293 g/mol. The fourth-order valence-corrected chi connectivity index (χ4v) is 3.80. The molecule has 1 aromatic rings. The topological polar surface area (TPSA) is 53.5 Å². The van der Waals surface area contributed by atoms with E-state index in [9.17, 15) is 9.59 Å². The Kier molecular flexibility index (Phi) is 3.74. The van der Waals surface area contributed by atoms with E-state index in [0.717, 1.165) is 30.8 Å². The zero-order valence-corrected chi connectivity index (χ0v) is 12.5. The zero-order valence-electron chi connectivity index (χ0n) is 11.7. The van der Waals surface area contributed by atoms with E-state index in [2.05, 4.69) is 11.9 Å². The van der Waals surface area contributed by atoms with E-state index in [0.29, 0.717) is 19.5 Å². The Morgan fingerprint density at radius 3 is 3.00 bits per heavy atom. The van der Waals surface area contributed by atoms with Crippen LogP contribution in [-0.2, 0) is 22.6 Å². The Balaban J connectivity index is 1.75. The summed E-state index contributed by atoms with van der Waals surface area (Å²) in [4.78, 5) is 33.8. The van der Waals surface area contributed by atoms with Gasteiger partial charge in [0.05, 0.1) is 6.54 Å². The summed E-state index contributed by atoms with van der Waals surface area (Å²) in [5, 5.41) is 0.967. The third kappa shape index (κ3) is 2.44. The number of aryl methyl sites for hydroxylation is 1. The van der Waals surface area contributed by atoms with Crippen molar-refractivity contribution in [2.45, 2.75) is 45.2 Å². The van der Waals surface area contributed by atoms with Gasteiger partial charge in [-0.05, 0) is 19.3 Å². The van der Waals surface area contributed by atoms with Crippen LogP contribution < -0.4 is 0 Å². The quantitative estimate of drug-likeness (QED) is 0.847. The van der Waals surface area contributed by atoms with Gasteiger partial charge in [-0.3, -0.25) is 9.59 Å². The lowest BCUT2D eigenvalue weighted by Crippen LogP contribution is -2.43. The predicted octanol–water partition coefficient (Wildman–Crippen LogP) is 1.43. The van der Waals surface area contributed by atoms with Crippen LogP contribution in [0.1, 0.15) is 36.1 Å². The first-order valence-corrected chi connectivity index (χ1v) is 8.02. The molecule has 3 rings (SSSR count). The molecule has 0 spiro atoms. The van der Waals surface area contributed by atoms with Gasteiger partial charge in [0.1, 0.15) is 11.0 Å². The van der Waals surface area contributed by atoms with Crippen LogP contribution in [0.15, 0.2) is 6.20 Å². The summed E-state index contributed by atoms with van der Waals surface area (Å²) in [5.74, 6) is 0.221. The van der Waals surface area contributed by atoms with Gasteiger partial charge in [0.25, 0.3) is 0 Å². The molecule has 2 saturated heterocycles. The number of carbonyl (C=O) groups is 2. The van der Waals surface area contributed by atoms with E-state index in [-0.39, 0.29) is 17.9 Å². The van der Waals surface area contributed by atoms with Crippen molar-refractivity contribution in [2.24, 2.45) is 0 Å². The fraction of sp³-hybridized carbons (Fsp3) is 0.643. The number of nitrogens with zero attached hydrogens (tertiary/aromatic N) is 3. The first-order chi connectivity index (χ1) is 9.69. The maximum atomic E-state index is 12.6. The smallest absolute Gasteiger partial charge is 0.245 e. The molecule has 0 bridgehead atoms. The van der Waals surface area contributed by atoms with Gasteiger partial charge < -0.3 is 9.80 Å². The maximum Gasteiger partial charge on any atom is 0.245 e. The highest BCUT2D eigenvalue weighted by atomic mass is 32.1. The molecule has 0 radical (unpaired) electrons. The van der Waals surface area contributed by atoms with Crippen molar-refractivity contribution in [2.75, 3.05) is 13.1 Å². The molecule has 2 aliphatic heterocycles. The van der Waals surface area contributed by atoms with E-state index in [4.69, 9.17) is 0 Å². The van der Waals surface area contributed by atoms with Crippen molar-refractivity contribution in [3.8, 4) is 0 Å².